The van der Waals surface area contributed by atoms with Crippen molar-refractivity contribution in [2.75, 3.05) is 6.61 Å². The Labute approximate surface area is 172 Å². The number of ketones is 2. The molecule has 0 saturated heterocycles. The second kappa shape index (κ2) is 8.70. The molecule has 0 fully saturated rings. The molecular formula is C18H16BrF5N2O3. The molecule has 0 bridgehead atoms. The summed E-state index contributed by atoms with van der Waals surface area (Å²) in [5, 5.41) is 0. The van der Waals surface area contributed by atoms with Crippen LogP contribution in [0.2, 0.25) is 0 Å². The fraction of sp³-hybridized carbons (Fsp3) is 0.389. The van der Waals surface area contributed by atoms with Gasteiger partial charge in [-0.3, -0.25) is 9.59 Å². The van der Waals surface area contributed by atoms with Crippen LogP contribution in [0.3, 0.4) is 0 Å². The first-order valence-electron chi connectivity index (χ1n) is 8.39. The largest absolute Gasteiger partial charge is 1.00 e. The Hall–Kier alpha value is -2.14. The van der Waals surface area contributed by atoms with Crippen molar-refractivity contribution in [1.82, 2.24) is 4.57 Å². The van der Waals surface area contributed by atoms with Gasteiger partial charge >= 0.3 is 12.8 Å². The van der Waals surface area contributed by atoms with Crippen molar-refractivity contribution in [2.45, 2.75) is 39.2 Å². The van der Waals surface area contributed by atoms with Crippen LogP contribution < -0.4 is 21.5 Å². The predicted molar refractivity (Wildman–Crippen MR) is 85.3 cm³/mol. The van der Waals surface area contributed by atoms with Crippen molar-refractivity contribution in [3.63, 3.8) is 0 Å². The Morgan fingerprint density at radius 2 is 1.69 bits per heavy atom. The zero-order chi connectivity index (χ0) is 20.6. The molecule has 29 heavy (non-hydrogen) atoms. The Kier molecular flexibility index (Phi) is 6.94. The van der Waals surface area contributed by atoms with Gasteiger partial charge in [-0.25, -0.2) is 9.13 Å². The number of ether oxygens (including phenoxy) is 1. The number of fused-ring (bicyclic) bond motifs is 2. The third-order valence-electron chi connectivity index (χ3n) is 4.57. The number of imidazole rings is 1. The summed E-state index contributed by atoms with van der Waals surface area (Å²) in [4.78, 5) is 25.9. The van der Waals surface area contributed by atoms with Gasteiger partial charge in [-0.2, -0.15) is 22.0 Å². The average molecular weight is 483 g/mol. The van der Waals surface area contributed by atoms with Gasteiger partial charge in [0.25, 0.3) is 5.82 Å². The Balaban J connectivity index is 0.00000300. The molecule has 3 rings (SSSR count). The highest BCUT2D eigenvalue weighted by molar-refractivity contribution is 6.26. The molecule has 0 radical (unpaired) electrons. The van der Waals surface area contributed by atoms with Crippen molar-refractivity contribution in [1.29, 1.82) is 0 Å². The fourth-order valence-electron chi connectivity index (χ4n) is 3.34. The third-order valence-corrected chi connectivity index (χ3v) is 4.57. The third kappa shape index (κ3) is 4.55. The van der Waals surface area contributed by atoms with Gasteiger partial charge in [0.1, 0.15) is 6.54 Å². The zero-order valence-corrected chi connectivity index (χ0v) is 16.7. The van der Waals surface area contributed by atoms with E-state index in [1.807, 2.05) is 0 Å². The Morgan fingerprint density at radius 3 is 2.24 bits per heavy atom. The number of alkyl halides is 5. The highest BCUT2D eigenvalue weighted by atomic mass is 79.9. The normalized spacial score (nSPS) is 13.3. The number of halogens is 6. The van der Waals surface area contributed by atoms with Gasteiger partial charge in [0.15, 0.2) is 0 Å². The quantitative estimate of drug-likeness (QED) is 0.368. The van der Waals surface area contributed by atoms with E-state index in [0.29, 0.717) is 0 Å². The lowest BCUT2D eigenvalue weighted by Gasteiger charge is -2.13. The number of rotatable bonds is 6. The summed E-state index contributed by atoms with van der Waals surface area (Å²) < 4.78 is 69.4. The van der Waals surface area contributed by atoms with Crippen molar-refractivity contribution >= 4 is 11.6 Å². The minimum absolute atomic E-state index is 0. The maximum atomic E-state index is 12.9. The summed E-state index contributed by atoms with van der Waals surface area (Å²) in [7, 11) is 0. The molecule has 158 valence electrons. The lowest BCUT2D eigenvalue weighted by molar-refractivity contribution is -0.707. The van der Waals surface area contributed by atoms with Crippen LogP contribution in [-0.2, 0) is 17.8 Å². The predicted octanol–water partition coefficient (Wildman–Crippen LogP) is 0.0550. The van der Waals surface area contributed by atoms with E-state index in [-0.39, 0.29) is 51.9 Å². The van der Waals surface area contributed by atoms with Gasteiger partial charge in [0, 0.05) is 18.1 Å². The molecule has 0 amide bonds. The van der Waals surface area contributed by atoms with E-state index in [0.717, 1.165) is 4.57 Å². The van der Waals surface area contributed by atoms with E-state index >= 15 is 0 Å². The van der Waals surface area contributed by atoms with Crippen molar-refractivity contribution in [3.05, 3.63) is 52.6 Å². The SMILES string of the molecule is Cc1n(CCOC(F)F)c2c([n+]1CCC(F)(F)F)C(=O)c1ccccc1C2=O.[Br-]. The minimum atomic E-state index is -4.47. The van der Waals surface area contributed by atoms with E-state index in [2.05, 4.69) is 4.74 Å². The van der Waals surface area contributed by atoms with Gasteiger partial charge in [0.2, 0.25) is 23.0 Å². The number of aromatic nitrogens is 2. The van der Waals surface area contributed by atoms with Crippen LogP contribution >= 0.6 is 0 Å². The number of carbonyl (C=O) groups excluding carboxylic acids is 2. The van der Waals surface area contributed by atoms with Gasteiger partial charge < -0.3 is 21.7 Å². The van der Waals surface area contributed by atoms with Crippen LogP contribution in [0, 0.1) is 6.92 Å². The van der Waals surface area contributed by atoms with Crippen LogP contribution in [-0.4, -0.2) is 35.5 Å². The van der Waals surface area contributed by atoms with Gasteiger partial charge in [-0.05, 0) is 0 Å². The summed E-state index contributed by atoms with van der Waals surface area (Å²) in [6.45, 7) is -2.84. The maximum absolute atomic E-state index is 12.9. The summed E-state index contributed by atoms with van der Waals surface area (Å²) in [5.74, 6) is -0.943. The number of hydrogen-bond acceptors (Lipinski definition) is 3. The number of nitrogens with zero attached hydrogens (tertiary/aromatic N) is 2. The molecule has 1 aromatic heterocycles. The average Bonchev–Trinajstić information content (AvgIpc) is 2.89. The highest BCUT2D eigenvalue weighted by Gasteiger charge is 2.43. The van der Waals surface area contributed by atoms with Crippen LogP contribution in [0.1, 0.15) is 44.3 Å². The first kappa shape index (κ1) is 23.1. The Morgan fingerprint density at radius 1 is 1.10 bits per heavy atom. The molecule has 1 heterocycles. The van der Waals surface area contributed by atoms with E-state index < -0.39 is 43.9 Å². The van der Waals surface area contributed by atoms with Crippen molar-refractivity contribution < 1.29 is 57.8 Å². The van der Waals surface area contributed by atoms with Crippen LogP contribution in [0.5, 0.6) is 0 Å². The molecule has 1 aliphatic carbocycles. The molecule has 0 saturated carbocycles. The number of hydrogen-bond donors (Lipinski definition) is 0. The summed E-state index contributed by atoms with van der Waals surface area (Å²) in [6.07, 6.45) is -5.67. The molecular weight excluding hydrogens is 467 g/mol. The first-order valence-corrected chi connectivity index (χ1v) is 8.39. The molecule has 5 nitrogen and oxygen atoms in total. The molecule has 1 aliphatic rings. The van der Waals surface area contributed by atoms with Crippen LogP contribution in [0.4, 0.5) is 22.0 Å². The zero-order valence-electron chi connectivity index (χ0n) is 15.1. The lowest BCUT2D eigenvalue weighted by Crippen LogP contribution is -3.00. The molecule has 0 unspecified atom stereocenters. The number of benzene rings is 1. The fourth-order valence-corrected chi connectivity index (χ4v) is 3.34. The van der Waals surface area contributed by atoms with Crippen LogP contribution in [0.25, 0.3) is 0 Å². The topological polar surface area (TPSA) is 52.2 Å². The standard InChI is InChI=1S/C18H16F5N2O3.BrH/c1-10-24(7-6-18(21,22)23)13-14(25(10)8-9-28-17(19)20)16(27)12-5-3-2-4-11(12)15(13)26;/h2-5,17H,6-9H2,1H3;1H/q+1;/p-1. The van der Waals surface area contributed by atoms with Gasteiger partial charge in [-0.15, -0.1) is 0 Å². The van der Waals surface area contributed by atoms with Crippen molar-refractivity contribution in [2.24, 2.45) is 0 Å². The summed E-state index contributed by atoms with van der Waals surface area (Å²) in [6, 6.07) is 5.99. The Bertz CT molecular complexity index is 940. The molecule has 2 aromatic rings. The second-order valence-electron chi connectivity index (χ2n) is 6.25. The molecule has 1 aromatic carbocycles. The summed E-state index contributed by atoms with van der Waals surface area (Å²) >= 11 is 0. The lowest BCUT2D eigenvalue weighted by atomic mass is 9.90. The smallest absolute Gasteiger partial charge is 0.392 e. The molecule has 11 heteroatoms. The maximum Gasteiger partial charge on any atom is 0.392 e. The molecule has 0 atom stereocenters. The first-order chi connectivity index (χ1) is 13.1. The van der Waals surface area contributed by atoms with Crippen molar-refractivity contribution in [3.8, 4) is 0 Å². The molecule has 0 aliphatic heterocycles. The highest BCUT2D eigenvalue weighted by Crippen LogP contribution is 2.28. The second-order valence-corrected chi connectivity index (χ2v) is 6.25. The van der Waals surface area contributed by atoms with Gasteiger partial charge in [-0.1, -0.05) is 24.3 Å². The molecule has 0 spiro atoms. The monoisotopic (exact) mass is 482 g/mol. The summed E-state index contributed by atoms with van der Waals surface area (Å²) in [5.41, 5.74) is -0.0537. The van der Waals surface area contributed by atoms with Gasteiger partial charge in [0.05, 0.1) is 19.6 Å². The minimum Gasteiger partial charge on any atom is -1.00 e. The van der Waals surface area contributed by atoms with E-state index in [1.165, 1.54) is 23.6 Å². The van der Waals surface area contributed by atoms with E-state index in [4.69, 9.17) is 0 Å². The number of carbonyl (C=O) groups is 2. The van der Waals surface area contributed by atoms with E-state index in [1.54, 1.807) is 12.1 Å². The van der Waals surface area contributed by atoms with E-state index in [9.17, 15) is 31.5 Å². The molecule has 0 N–H and O–H groups in total. The van der Waals surface area contributed by atoms with Crippen LogP contribution in [0.15, 0.2) is 24.3 Å².